The van der Waals surface area contributed by atoms with E-state index in [9.17, 15) is 10.2 Å². The third-order valence-electron chi connectivity index (χ3n) is 7.07. The highest BCUT2D eigenvalue weighted by Crippen LogP contribution is 2.25. The first kappa shape index (κ1) is 25.3. The summed E-state index contributed by atoms with van der Waals surface area (Å²) >= 11 is 0. The topological polar surface area (TPSA) is 76.6 Å². The molecule has 38 heavy (non-hydrogen) atoms. The number of para-hydroxylation sites is 2. The Hall–Kier alpha value is -4.32. The van der Waals surface area contributed by atoms with Gasteiger partial charge in [0, 0.05) is 24.9 Å². The fraction of sp³-hybridized carbons (Fsp3) is 0.250. The molecule has 0 saturated heterocycles. The van der Waals surface area contributed by atoms with Gasteiger partial charge in [0.2, 0.25) is 5.62 Å². The highest BCUT2D eigenvalue weighted by molar-refractivity contribution is 5.80. The van der Waals surface area contributed by atoms with Crippen molar-refractivity contribution in [3.63, 3.8) is 0 Å². The second-order valence-corrected chi connectivity index (χ2v) is 10.0. The number of carbonyl (C=O) groups excluding carboxylic acids is 1. The molecular formula is C32H33N5O. The molecule has 0 aliphatic heterocycles. The van der Waals surface area contributed by atoms with Crippen LogP contribution in [0.15, 0.2) is 91.3 Å². The normalized spacial score (nSPS) is 12.1. The average molecular weight is 504 g/mol. The molecule has 5 rings (SSSR count). The second-order valence-electron chi connectivity index (χ2n) is 10.0. The highest BCUT2D eigenvalue weighted by Gasteiger charge is 2.21. The first-order valence-corrected chi connectivity index (χ1v) is 13.1. The van der Waals surface area contributed by atoms with E-state index in [1.807, 2.05) is 12.1 Å². The van der Waals surface area contributed by atoms with E-state index >= 15 is 0 Å². The van der Waals surface area contributed by atoms with Crippen LogP contribution < -0.4 is 5.62 Å². The largest absolute Gasteiger partial charge is 0.307 e. The number of hydrogen-bond donors (Lipinski definition) is 1. The molecule has 1 N–H and O–H groups in total. The van der Waals surface area contributed by atoms with Crippen molar-refractivity contribution in [1.29, 1.82) is 5.41 Å². The van der Waals surface area contributed by atoms with E-state index in [-0.39, 0.29) is 18.2 Å². The van der Waals surface area contributed by atoms with Crippen molar-refractivity contribution in [2.45, 2.75) is 52.1 Å². The van der Waals surface area contributed by atoms with E-state index in [2.05, 4.69) is 93.6 Å². The number of hydrogen-bond acceptors (Lipinski definition) is 4. The lowest BCUT2D eigenvalue weighted by atomic mass is 9.98. The van der Waals surface area contributed by atoms with Crippen LogP contribution in [0.1, 0.15) is 47.0 Å². The number of ketones is 1. The molecule has 0 spiro atoms. The fourth-order valence-corrected chi connectivity index (χ4v) is 4.99. The molecule has 0 bridgehead atoms. The standard InChI is InChI=1S/C32H33N5O/c1-23-8-12-25(13-9-23)20-27(16-17-28(38)21-31-34-18-5-19-35-31)37-30-7-4-3-6-29(30)36(32(37)33)22-26-14-10-24(2)11-15-26/h3-15,18-19,27,33H,16-17,20-22H2,1-2H3. The first-order chi connectivity index (χ1) is 18.5. The molecule has 0 aliphatic rings. The van der Waals surface area contributed by atoms with Crippen LogP contribution in [-0.4, -0.2) is 24.9 Å². The molecule has 0 saturated carbocycles. The van der Waals surface area contributed by atoms with Gasteiger partial charge in [0.05, 0.1) is 24.0 Å². The van der Waals surface area contributed by atoms with Crippen molar-refractivity contribution in [1.82, 2.24) is 19.1 Å². The van der Waals surface area contributed by atoms with Gasteiger partial charge in [-0.15, -0.1) is 0 Å². The number of rotatable bonds is 10. The van der Waals surface area contributed by atoms with E-state index in [0.29, 0.717) is 30.8 Å². The minimum atomic E-state index is -0.0463. The van der Waals surface area contributed by atoms with Crippen molar-refractivity contribution in [2.75, 3.05) is 0 Å². The lowest BCUT2D eigenvalue weighted by Gasteiger charge is -2.20. The minimum Gasteiger partial charge on any atom is -0.307 e. The van der Waals surface area contributed by atoms with E-state index in [4.69, 9.17) is 0 Å². The first-order valence-electron chi connectivity index (χ1n) is 13.1. The smallest absolute Gasteiger partial charge is 0.203 e. The molecule has 0 aliphatic carbocycles. The number of carbonyl (C=O) groups is 1. The van der Waals surface area contributed by atoms with Crippen molar-refractivity contribution in [3.8, 4) is 0 Å². The molecule has 6 heteroatoms. The van der Waals surface area contributed by atoms with E-state index < -0.39 is 0 Å². The fourth-order valence-electron chi connectivity index (χ4n) is 4.99. The van der Waals surface area contributed by atoms with Gasteiger partial charge in [-0.2, -0.15) is 0 Å². The summed E-state index contributed by atoms with van der Waals surface area (Å²) in [6.07, 6.45) is 5.34. The molecule has 1 unspecified atom stereocenters. The van der Waals surface area contributed by atoms with Gasteiger partial charge in [-0.25, -0.2) is 9.97 Å². The zero-order valence-corrected chi connectivity index (χ0v) is 22.0. The van der Waals surface area contributed by atoms with Crippen molar-refractivity contribution in [3.05, 3.63) is 125 Å². The van der Waals surface area contributed by atoms with Gasteiger partial charge < -0.3 is 9.13 Å². The Kier molecular flexibility index (Phi) is 7.59. The highest BCUT2D eigenvalue weighted by atomic mass is 16.1. The van der Waals surface area contributed by atoms with Crippen LogP contribution >= 0.6 is 0 Å². The van der Waals surface area contributed by atoms with Gasteiger partial charge in [-0.05, 0) is 56.0 Å². The minimum absolute atomic E-state index is 0.0463. The van der Waals surface area contributed by atoms with Crippen LogP contribution in [-0.2, 0) is 24.2 Å². The molecule has 6 nitrogen and oxygen atoms in total. The molecule has 5 aromatic rings. The summed E-state index contributed by atoms with van der Waals surface area (Å²) in [6.45, 7) is 4.79. The maximum atomic E-state index is 12.9. The van der Waals surface area contributed by atoms with Gasteiger partial charge in [0.15, 0.2) is 0 Å². The molecular weight excluding hydrogens is 470 g/mol. The summed E-state index contributed by atoms with van der Waals surface area (Å²) in [7, 11) is 0. The van der Waals surface area contributed by atoms with Crippen LogP contribution in [0.3, 0.4) is 0 Å². The van der Waals surface area contributed by atoms with Gasteiger partial charge in [-0.1, -0.05) is 71.8 Å². The molecule has 192 valence electrons. The number of aromatic nitrogens is 4. The summed E-state index contributed by atoms with van der Waals surface area (Å²) in [4.78, 5) is 21.4. The van der Waals surface area contributed by atoms with Crippen LogP contribution in [0, 0.1) is 19.3 Å². The van der Waals surface area contributed by atoms with Crippen molar-refractivity contribution in [2.24, 2.45) is 0 Å². The monoisotopic (exact) mass is 503 g/mol. The zero-order chi connectivity index (χ0) is 26.5. The van der Waals surface area contributed by atoms with Crippen LogP contribution in [0.2, 0.25) is 0 Å². The predicted octanol–water partition coefficient (Wildman–Crippen LogP) is 5.75. The lowest BCUT2D eigenvalue weighted by molar-refractivity contribution is -0.118. The molecule has 0 fully saturated rings. The molecule has 3 aromatic carbocycles. The Morgan fingerprint density at radius 1 is 0.816 bits per heavy atom. The van der Waals surface area contributed by atoms with Crippen molar-refractivity contribution >= 4 is 16.8 Å². The average Bonchev–Trinajstić information content (AvgIpc) is 3.20. The number of Topliss-reactive ketones (excluding diaryl/α,β-unsaturated/α-hetero) is 1. The number of aryl methyl sites for hydroxylation is 2. The van der Waals surface area contributed by atoms with Gasteiger partial charge in [-0.3, -0.25) is 10.2 Å². The van der Waals surface area contributed by atoms with Crippen LogP contribution in [0.5, 0.6) is 0 Å². The van der Waals surface area contributed by atoms with E-state index in [1.165, 1.54) is 16.7 Å². The number of imidazole rings is 1. The van der Waals surface area contributed by atoms with E-state index in [0.717, 1.165) is 23.0 Å². The summed E-state index contributed by atoms with van der Waals surface area (Å²) in [5.74, 6) is 0.664. The summed E-state index contributed by atoms with van der Waals surface area (Å²) in [6, 6.07) is 26.9. The second kappa shape index (κ2) is 11.4. The Morgan fingerprint density at radius 2 is 1.42 bits per heavy atom. The number of fused-ring (bicyclic) bond motifs is 1. The predicted molar refractivity (Wildman–Crippen MR) is 150 cm³/mol. The molecule has 0 amide bonds. The quantitative estimate of drug-likeness (QED) is 0.264. The number of benzene rings is 3. The summed E-state index contributed by atoms with van der Waals surface area (Å²) < 4.78 is 4.19. The van der Waals surface area contributed by atoms with Crippen LogP contribution in [0.25, 0.3) is 11.0 Å². The Morgan fingerprint density at radius 3 is 2.08 bits per heavy atom. The van der Waals surface area contributed by atoms with E-state index in [1.54, 1.807) is 18.5 Å². The molecule has 0 radical (unpaired) electrons. The van der Waals surface area contributed by atoms with Gasteiger partial charge in [0.1, 0.15) is 11.6 Å². The third-order valence-corrected chi connectivity index (χ3v) is 7.07. The van der Waals surface area contributed by atoms with Gasteiger partial charge in [0.25, 0.3) is 0 Å². The lowest BCUT2D eigenvalue weighted by Crippen LogP contribution is -2.29. The molecule has 1 atom stereocenters. The molecule has 2 heterocycles. The summed E-state index contributed by atoms with van der Waals surface area (Å²) in [5.41, 5.74) is 7.27. The Balaban J connectivity index is 1.49. The third kappa shape index (κ3) is 5.80. The molecule has 2 aromatic heterocycles. The SMILES string of the molecule is Cc1ccc(CC(CCC(=O)Cc2ncccn2)n2c(=N)n(Cc3ccc(C)cc3)c3ccccc32)cc1. The maximum absolute atomic E-state index is 12.9. The van der Waals surface area contributed by atoms with Crippen LogP contribution in [0.4, 0.5) is 0 Å². The Labute approximate surface area is 223 Å². The van der Waals surface area contributed by atoms with Crippen molar-refractivity contribution < 1.29 is 4.79 Å². The van der Waals surface area contributed by atoms with Gasteiger partial charge >= 0.3 is 0 Å². The Bertz CT molecular complexity index is 1580. The number of nitrogens with one attached hydrogen (secondary N) is 1. The number of nitrogens with zero attached hydrogens (tertiary/aromatic N) is 4. The zero-order valence-electron chi connectivity index (χ0n) is 22.0. The maximum Gasteiger partial charge on any atom is 0.203 e. The summed E-state index contributed by atoms with van der Waals surface area (Å²) in [5, 5.41) is 9.28.